The van der Waals surface area contributed by atoms with Crippen LogP contribution in [0.25, 0.3) is 0 Å². The fourth-order valence-electron chi connectivity index (χ4n) is 7.81. The number of amides is 4. The van der Waals surface area contributed by atoms with Gasteiger partial charge < -0.3 is 35.2 Å². The number of hydrogen-bond donors (Lipinski definition) is 3. The lowest BCUT2D eigenvalue weighted by Crippen LogP contribution is -2.59. The second kappa shape index (κ2) is 21.6. The summed E-state index contributed by atoms with van der Waals surface area (Å²) in [6.07, 6.45) is 3.48. The minimum atomic E-state index is -0.752. The van der Waals surface area contributed by atoms with Crippen molar-refractivity contribution in [1.29, 1.82) is 0 Å². The van der Waals surface area contributed by atoms with Crippen LogP contribution in [0.2, 0.25) is 0 Å². The molecule has 1 aliphatic heterocycles. The highest BCUT2D eigenvalue weighted by atomic mass is 32.1. The molecule has 1 aromatic carbocycles. The van der Waals surface area contributed by atoms with Crippen LogP contribution in [0.4, 0.5) is 0 Å². The van der Waals surface area contributed by atoms with Crippen LogP contribution in [-0.2, 0) is 35.1 Å². The van der Waals surface area contributed by atoms with Gasteiger partial charge in [-0.25, -0.2) is 4.98 Å². The summed E-state index contributed by atoms with van der Waals surface area (Å²) in [6, 6.07) is 7.77. The Morgan fingerprint density at radius 2 is 1.63 bits per heavy atom. The van der Waals surface area contributed by atoms with Crippen molar-refractivity contribution >= 4 is 35.0 Å². The zero-order valence-electron chi connectivity index (χ0n) is 34.3. The summed E-state index contributed by atoms with van der Waals surface area (Å²) in [6.45, 7) is 14.3. The summed E-state index contributed by atoms with van der Waals surface area (Å²) in [7, 11) is 6.65. The molecule has 9 atom stereocenters. The lowest BCUT2D eigenvalue weighted by atomic mass is 9.89. The fourth-order valence-corrected chi connectivity index (χ4v) is 8.50. The van der Waals surface area contributed by atoms with Crippen molar-refractivity contribution in [2.75, 3.05) is 34.9 Å². The maximum absolute atomic E-state index is 14.3. The number of likely N-dealkylation sites (N-methyl/N-ethyl adjacent to an activating group) is 2. The van der Waals surface area contributed by atoms with E-state index in [0.29, 0.717) is 19.4 Å². The van der Waals surface area contributed by atoms with Gasteiger partial charge in [0.2, 0.25) is 23.6 Å². The van der Waals surface area contributed by atoms with Gasteiger partial charge in [0.05, 0.1) is 48.7 Å². The molecule has 0 saturated carbocycles. The van der Waals surface area contributed by atoms with Crippen LogP contribution in [0.1, 0.15) is 90.8 Å². The molecule has 12 nitrogen and oxygen atoms in total. The molecule has 0 aliphatic carbocycles. The molecule has 4 amide bonds. The van der Waals surface area contributed by atoms with Crippen LogP contribution >= 0.6 is 11.3 Å². The molecule has 2 heterocycles. The van der Waals surface area contributed by atoms with Crippen molar-refractivity contribution in [3.8, 4) is 0 Å². The lowest BCUT2D eigenvalue weighted by molar-refractivity contribution is -0.147. The molecule has 1 saturated heterocycles. The number of methoxy groups -OCH3 is 2. The van der Waals surface area contributed by atoms with Crippen molar-refractivity contribution in [3.05, 3.63) is 52.5 Å². The first-order valence-corrected chi connectivity index (χ1v) is 20.4. The Kier molecular flexibility index (Phi) is 18.0. The van der Waals surface area contributed by atoms with E-state index in [9.17, 15) is 19.2 Å². The molecular weight excluding hydrogens is 705 g/mol. The molecule has 0 bridgehead atoms. The quantitative estimate of drug-likeness (QED) is 0.164. The highest BCUT2D eigenvalue weighted by Gasteiger charge is 2.43. The summed E-state index contributed by atoms with van der Waals surface area (Å²) >= 11 is 1.51. The van der Waals surface area contributed by atoms with E-state index < -0.39 is 36.3 Å². The average Bonchev–Trinajstić information content (AvgIpc) is 3.87. The SMILES string of the molecule is CCC(C)C(C(CC(=O)N1CCCC1C(OC)C(C)C(=O)NC(Cc1ccccc1)c1nccs1)OC)N(C)C(=O)C(NC(=O)C(NC)C(C)C)C(C)C. The van der Waals surface area contributed by atoms with E-state index in [1.807, 2.05) is 75.2 Å². The second-order valence-electron chi connectivity index (χ2n) is 15.5. The molecule has 0 spiro atoms. The van der Waals surface area contributed by atoms with E-state index in [1.54, 1.807) is 39.4 Å². The van der Waals surface area contributed by atoms with Gasteiger partial charge >= 0.3 is 0 Å². The molecule has 1 aliphatic rings. The summed E-state index contributed by atoms with van der Waals surface area (Å²) in [5.74, 6) is -1.41. The number of thiazole rings is 1. The highest BCUT2D eigenvalue weighted by molar-refractivity contribution is 7.09. The minimum Gasteiger partial charge on any atom is -0.379 e. The molecule has 2 aromatic rings. The van der Waals surface area contributed by atoms with Crippen molar-refractivity contribution in [2.45, 2.75) is 123 Å². The lowest BCUT2D eigenvalue weighted by Gasteiger charge is -2.41. The first kappa shape index (κ1) is 45.0. The van der Waals surface area contributed by atoms with Gasteiger partial charge in [0.25, 0.3) is 0 Å². The van der Waals surface area contributed by atoms with Crippen molar-refractivity contribution < 1.29 is 28.7 Å². The predicted octanol–water partition coefficient (Wildman–Crippen LogP) is 4.85. The van der Waals surface area contributed by atoms with Crippen LogP contribution < -0.4 is 16.0 Å². The van der Waals surface area contributed by atoms with Gasteiger partial charge in [-0.05, 0) is 49.6 Å². The second-order valence-corrected chi connectivity index (χ2v) is 16.4. The number of nitrogens with zero attached hydrogens (tertiary/aromatic N) is 3. The van der Waals surface area contributed by atoms with Gasteiger partial charge in [-0.2, -0.15) is 0 Å². The van der Waals surface area contributed by atoms with Crippen LogP contribution in [0, 0.1) is 23.7 Å². The van der Waals surface area contributed by atoms with E-state index in [0.717, 1.165) is 23.4 Å². The van der Waals surface area contributed by atoms with Gasteiger partial charge in [-0.3, -0.25) is 19.2 Å². The Balaban J connectivity index is 1.78. The topological polar surface area (TPSA) is 142 Å². The van der Waals surface area contributed by atoms with Gasteiger partial charge in [0.1, 0.15) is 11.0 Å². The van der Waals surface area contributed by atoms with Crippen LogP contribution in [0.5, 0.6) is 0 Å². The summed E-state index contributed by atoms with van der Waals surface area (Å²) in [5.41, 5.74) is 1.09. The molecule has 1 fully saturated rings. The van der Waals surface area contributed by atoms with E-state index >= 15 is 0 Å². The molecule has 0 radical (unpaired) electrons. The minimum absolute atomic E-state index is 0.00702. The van der Waals surface area contributed by atoms with E-state index in [2.05, 4.69) is 34.8 Å². The number of carbonyl (C=O) groups excluding carboxylic acids is 4. The van der Waals surface area contributed by atoms with E-state index in [1.165, 1.54) is 11.3 Å². The van der Waals surface area contributed by atoms with Crippen molar-refractivity contribution in [2.24, 2.45) is 23.7 Å². The fraction of sp³-hybridized carbons (Fsp3) is 0.683. The smallest absolute Gasteiger partial charge is 0.245 e. The zero-order chi connectivity index (χ0) is 40.1. The van der Waals surface area contributed by atoms with Gasteiger partial charge in [0.15, 0.2) is 0 Å². The first-order chi connectivity index (χ1) is 25.7. The Hall–Kier alpha value is -3.39. The average molecular weight is 771 g/mol. The molecular formula is C41H66N6O6S. The molecule has 13 heteroatoms. The molecule has 1 aromatic heterocycles. The largest absolute Gasteiger partial charge is 0.379 e. The summed E-state index contributed by atoms with van der Waals surface area (Å²) in [4.78, 5) is 63.6. The number of carbonyl (C=O) groups is 4. The van der Waals surface area contributed by atoms with E-state index in [4.69, 9.17) is 9.47 Å². The van der Waals surface area contributed by atoms with Crippen molar-refractivity contribution in [1.82, 2.24) is 30.7 Å². The van der Waals surface area contributed by atoms with Gasteiger partial charge in [-0.15, -0.1) is 11.3 Å². The number of rotatable bonds is 21. The first-order valence-electron chi connectivity index (χ1n) is 19.5. The molecule has 54 heavy (non-hydrogen) atoms. The highest BCUT2D eigenvalue weighted by Crippen LogP contribution is 2.30. The van der Waals surface area contributed by atoms with Crippen LogP contribution in [0.3, 0.4) is 0 Å². The Morgan fingerprint density at radius 1 is 0.963 bits per heavy atom. The number of hydrogen-bond acceptors (Lipinski definition) is 9. The van der Waals surface area contributed by atoms with Gasteiger partial charge in [-0.1, -0.05) is 85.2 Å². The Morgan fingerprint density at radius 3 is 2.17 bits per heavy atom. The maximum atomic E-state index is 14.3. The molecule has 3 rings (SSSR count). The van der Waals surface area contributed by atoms with Gasteiger partial charge in [0, 0.05) is 39.4 Å². The van der Waals surface area contributed by atoms with Crippen molar-refractivity contribution in [3.63, 3.8) is 0 Å². The normalized spacial score (nSPS) is 19.1. The summed E-state index contributed by atoms with van der Waals surface area (Å²) < 4.78 is 12.1. The maximum Gasteiger partial charge on any atom is 0.245 e. The third kappa shape index (κ3) is 11.6. The Labute approximate surface area is 327 Å². The number of aromatic nitrogens is 1. The Bertz CT molecular complexity index is 1460. The van der Waals surface area contributed by atoms with E-state index in [-0.39, 0.29) is 59.9 Å². The molecule has 3 N–H and O–H groups in total. The number of nitrogens with one attached hydrogen (secondary N) is 3. The number of likely N-dealkylation sites (tertiary alicyclic amines) is 1. The molecule has 9 unspecified atom stereocenters. The van der Waals surface area contributed by atoms with Crippen LogP contribution in [0.15, 0.2) is 41.9 Å². The summed E-state index contributed by atoms with van der Waals surface area (Å²) in [5, 5.41) is 12.0. The zero-order valence-corrected chi connectivity index (χ0v) is 35.2. The molecule has 302 valence electrons. The third-order valence-corrected chi connectivity index (χ3v) is 12.0. The monoisotopic (exact) mass is 770 g/mol. The van der Waals surface area contributed by atoms with Crippen LogP contribution in [-0.4, -0.2) is 110 Å². The number of benzene rings is 1. The standard InChI is InChI=1S/C41H66N6O6S/c1-12-27(6)36(46(9)41(51)35(26(4)5)45-39(50)34(42-8)25(2)3)32(52-10)24-33(48)47-21-16-19-31(47)37(53-11)28(7)38(49)44-30(40-43-20-22-54-40)23-29-17-14-13-15-18-29/h13-15,17-18,20,22,25-28,30-32,34-37,42H,12,16,19,21,23-24H2,1-11H3,(H,44,49)(H,45,50). The number of ether oxygens (including phenoxy) is 2. The predicted molar refractivity (Wildman–Crippen MR) is 214 cm³/mol. The third-order valence-electron chi connectivity index (χ3n) is 11.1.